The average Bonchev–Trinajstić information content (AvgIpc) is 2.45. The summed E-state index contributed by atoms with van der Waals surface area (Å²) < 4.78 is 65.9. The number of halogens is 5. The third-order valence-electron chi connectivity index (χ3n) is 3.13. The fourth-order valence-electron chi connectivity index (χ4n) is 1.88. The Bertz CT molecular complexity index is 676. The van der Waals surface area contributed by atoms with E-state index in [2.05, 4.69) is 0 Å². The molecular formula is C16H11F5O. The molecule has 1 N–H and O–H groups in total. The molecule has 0 radical (unpaired) electrons. The molecule has 0 saturated carbocycles. The summed E-state index contributed by atoms with van der Waals surface area (Å²) in [5.41, 5.74) is -4.01. The van der Waals surface area contributed by atoms with Crippen molar-refractivity contribution in [1.82, 2.24) is 0 Å². The molecule has 116 valence electrons. The van der Waals surface area contributed by atoms with Crippen LogP contribution in [0.25, 0.3) is 6.08 Å². The van der Waals surface area contributed by atoms with Gasteiger partial charge in [0.25, 0.3) is 0 Å². The maximum absolute atomic E-state index is 13.5. The van der Waals surface area contributed by atoms with Crippen molar-refractivity contribution < 1.29 is 27.1 Å². The lowest BCUT2D eigenvalue weighted by atomic mass is 9.92. The number of benzene rings is 2. The minimum Gasteiger partial charge on any atom is -0.373 e. The Hall–Kier alpha value is -2.21. The van der Waals surface area contributed by atoms with Gasteiger partial charge >= 0.3 is 6.18 Å². The van der Waals surface area contributed by atoms with E-state index in [1.165, 1.54) is 18.2 Å². The maximum Gasteiger partial charge on any atom is 0.425 e. The van der Waals surface area contributed by atoms with Crippen molar-refractivity contribution in [3.05, 3.63) is 77.4 Å². The number of rotatable bonds is 3. The van der Waals surface area contributed by atoms with Crippen LogP contribution in [0.2, 0.25) is 0 Å². The highest BCUT2D eigenvalue weighted by atomic mass is 19.4. The molecule has 0 amide bonds. The Morgan fingerprint density at radius 1 is 0.864 bits per heavy atom. The Kier molecular flexibility index (Phi) is 4.32. The molecule has 22 heavy (non-hydrogen) atoms. The van der Waals surface area contributed by atoms with E-state index in [4.69, 9.17) is 0 Å². The van der Waals surface area contributed by atoms with E-state index in [0.29, 0.717) is 6.08 Å². The van der Waals surface area contributed by atoms with Gasteiger partial charge in [0, 0.05) is 5.56 Å². The summed E-state index contributed by atoms with van der Waals surface area (Å²) in [6, 6.07) is 8.47. The van der Waals surface area contributed by atoms with Crippen molar-refractivity contribution in [2.45, 2.75) is 11.8 Å². The quantitative estimate of drug-likeness (QED) is 0.831. The molecule has 0 spiro atoms. The van der Waals surface area contributed by atoms with Crippen LogP contribution in [0.1, 0.15) is 11.1 Å². The van der Waals surface area contributed by atoms with Gasteiger partial charge in [-0.3, -0.25) is 0 Å². The van der Waals surface area contributed by atoms with Crippen LogP contribution < -0.4 is 0 Å². The predicted octanol–water partition coefficient (Wildman–Crippen LogP) is 4.43. The zero-order valence-corrected chi connectivity index (χ0v) is 11.1. The maximum atomic E-state index is 13.5. The first kappa shape index (κ1) is 16.2. The normalized spacial score (nSPS) is 15.0. The van der Waals surface area contributed by atoms with E-state index in [0.717, 1.165) is 36.4 Å². The van der Waals surface area contributed by atoms with E-state index in [1.54, 1.807) is 0 Å². The van der Waals surface area contributed by atoms with Gasteiger partial charge in [-0.15, -0.1) is 0 Å². The summed E-state index contributed by atoms with van der Waals surface area (Å²) in [4.78, 5) is 0. The minimum absolute atomic E-state index is 0.104. The summed E-state index contributed by atoms with van der Waals surface area (Å²) >= 11 is 0. The van der Waals surface area contributed by atoms with E-state index in [-0.39, 0.29) is 5.56 Å². The number of hydrogen-bond donors (Lipinski definition) is 1. The SMILES string of the molecule is OC(C=Cc1ccccc1F)(c1ccc(F)cc1)C(F)(F)F. The van der Waals surface area contributed by atoms with Gasteiger partial charge < -0.3 is 5.11 Å². The summed E-state index contributed by atoms with van der Waals surface area (Å²) in [7, 11) is 0. The van der Waals surface area contributed by atoms with Crippen LogP contribution in [0.4, 0.5) is 22.0 Å². The zero-order valence-electron chi connectivity index (χ0n) is 11.1. The molecule has 0 heterocycles. The van der Waals surface area contributed by atoms with Crippen molar-refractivity contribution >= 4 is 6.08 Å². The summed E-state index contributed by atoms with van der Waals surface area (Å²) in [5, 5.41) is 10.0. The molecule has 1 atom stereocenters. The van der Waals surface area contributed by atoms with Crippen molar-refractivity contribution in [2.24, 2.45) is 0 Å². The largest absolute Gasteiger partial charge is 0.425 e. The van der Waals surface area contributed by atoms with Gasteiger partial charge in [-0.25, -0.2) is 8.78 Å². The van der Waals surface area contributed by atoms with Crippen LogP contribution >= 0.6 is 0 Å². The van der Waals surface area contributed by atoms with Gasteiger partial charge in [-0.2, -0.15) is 13.2 Å². The lowest BCUT2D eigenvalue weighted by Gasteiger charge is -2.28. The van der Waals surface area contributed by atoms with Gasteiger partial charge in [-0.1, -0.05) is 36.4 Å². The zero-order chi connectivity index (χ0) is 16.4. The van der Waals surface area contributed by atoms with E-state index in [9.17, 15) is 27.1 Å². The standard InChI is InChI=1S/C16H11F5O/c17-13-7-5-12(6-8-13)15(22,16(19,20)21)10-9-11-3-1-2-4-14(11)18/h1-10,22H. The molecule has 0 saturated heterocycles. The van der Waals surface area contributed by atoms with Crippen LogP contribution in [0.3, 0.4) is 0 Å². The molecule has 6 heteroatoms. The second-order valence-corrected chi connectivity index (χ2v) is 4.63. The van der Waals surface area contributed by atoms with Crippen molar-refractivity contribution in [1.29, 1.82) is 0 Å². The number of aliphatic hydroxyl groups is 1. The van der Waals surface area contributed by atoms with Gasteiger partial charge in [0.05, 0.1) is 0 Å². The molecule has 0 aromatic heterocycles. The molecule has 0 aliphatic carbocycles. The second-order valence-electron chi connectivity index (χ2n) is 4.63. The third-order valence-corrected chi connectivity index (χ3v) is 3.13. The van der Waals surface area contributed by atoms with Crippen molar-refractivity contribution in [3.8, 4) is 0 Å². The van der Waals surface area contributed by atoms with Gasteiger partial charge in [-0.05, 0) is 29.8 Å². The van der Waals surface area contributed by atoms with Crippen LogP contribution in [-0.2, 0) is 5.60 Å². The topological polar surface area (TPSA) is 20.2 Å². The van der Waals surface area contributed by atoms with E-state index < -0.39 is 29.0 Å². The highest BCUT2D eigenvalue weighted by molar-refractivity contribution is 5.52. The molecule has 0 bridgehead atoms. The minimum atomic E-state index is -5.05. The number of alkyl halides is 3. The Morgan fingerprint density at radius 3 is 2.00 bits per heavy atom. The average molecular weight is 314 g/mol. The molecule has 1 unspecified atom stereocenters. The fourth-order valence-corrected chi connectivity index (χ4v) is 1.88. The molecule has 0 aliphatic heterocycles. The van der Waals surface area contributed by atoms with E-state index >= 15 is 0 Å². The lowest BCUT2D eigenvalue weighted by molar-refractivity contribution is -0.244. The predicted molar refractivity (Wildman–Crippen MR) is 71.8 cm³/mol. The Morgan fingerprint density at radius 2 is 1.45 bits per heavy atom. The third kappa shape index (κ3) is 3.17. The summed E-state index contributed by atoms with van der Waals surface area (Å²) in [6.07, 6.45) is -3.77. The van der Waals surface area contributed by atoms with Gasteiger partial charge in [0.15, 0.2) is 0 Å². The molecule has 0 fully saturated rings. The van der Waals surface area contributed by atoms with E-state index in [1.807, 2.05) is 0 Å². The van der Waals surface area contributed by atoms with Gasteiger partial charge in [0.1, 0.15) is 11.6 Å². The Balaban J connectivity index is 2.47. The van der Waals surface area contributed by atoms with Crippen LogP contribution in [0.5, 0.6) is 0 Å². The van der Waals surface area contributed by atoms with Crippen LogP contribution in [0.15, 0.2) is 54.6 Å². The second kappa shape index (κ2) is 5.88. The first-order valence-electron chi connectivity index (χ1n) is 6.23. The van der Waals surface area contributed by atoms with Crippen LogP contribution in [-0.4, -0.2) is 11.3 Å². The summed E-state index contributed by atoms with van der Waals surface area (Å²) in [6.45, 7) is 0. The molecule has 2 rings (SSSR count). The molecule has 0 aliphatic rings. The van der Waals surface area contributed by atoms with Crippen molar-refractivity contribution in [2.75, 3.05) is 0 Å². The fraction of sp³-hybridized carbons (Fsp3) is 0.125. The lowest BCUT2D eigenvalue weighted by Crippen LogP contribution is -2.40. The highest BCUT2D eigenvalue weighted by Crippen LogP contribution is 2.40. The number of hydrogen-bond acceptors (Lipinski definition) is 1. The smallest absolute Gasteiger partial charge is 0.373 e. The molecule has 2 aromatic rings. The highest BCUT2D eigenvalue weighted by Gasteiger charge is 2.53. The molecule has 1 nitrogen and oxygen atoms in total. The van der Waals surface area contributed by atoms with Gasteiger partial charge in [0.2, 0.25) is 5.60 Å². The molecular weight excluding hydrogens is 303 g/mol. The summed E-state index contributed by atoms with van der Waals surface area (Å²) in [5.74, 6) is -1.45. The first-order chi connectivity index (χ1) is 10.2. The van der Waals surface area contributed by atoms with Crippen molar-refractivity contribution in [3.63, 3.8) is 0 Å². The molecule has 2 aromatic carbocycles. The van der Waals surface area contributed by atoms with Crippen LogP contribution in [0, 0.1) is 11.6 Å². The first-order valence-corrected chi connectivity index (χ1v) is 6.23. The Labute approximate surface area is 123 Å². The monoisotopic (exact) mass is 314 g/mol.